The molecule has 7 aromatic heterocycles. The number of rotatable bonds is 9. The van der Waals surface area contributed by atoms with Crippen molar-refractivity contribution < 1.29 is 44.9 Å². The smallest absolute Gasteiger partial charge is 0.466 e. The Morgan fingerprint density at radius 1 is 0.349 bits per heavy atom. The number of nitrogens with zero attached hydrogens (tertiary/aromatic N) is 7. The molecule has 0 fully saturated rings. The number of para-hydroxylation sites is 3. The van der Waals surface area contributed by atoms with E-state index >= 15 is 0 Å². The van der Waals surface area contributed by atoms with Crippen molar-refractivity contribution in [3.05, 3.63) is 320 Å². The van der Waals surface area contributed by atoms with Crippen LogP contribution in [0.15, 0.2) is 261 Å². The van der Waals surface area contributed by atoms with Gasteiger partial charge in [-0.05, 0) is 59.2 Å². The van der Waals surface area contributed by atoms with Gasteiger partial charge in [-0.15, -0.1) is 136 Å². The summed E-state index contributed by atoms with van der Waals surface area (Å²) in [6, 6.07) is 97.3. The van der Waals surface area contributed by atoms with Crippen LogP contribution in [0, 0.1) is 64.1 Å². The maximum Gasteiger partial charge on any atom is 3.00 e. The van der Waals surface area contributed by atoms with E-state index in [-0.39, 0.29) is 40.2 Å². The molecule has 7 aromatic carbocycles. The van der Waals surface area contributed by atoms with Gasteiger partial charge >= 0.3 is 40.2 Å². The number of aryl methyl sites for hydroxylation is 4. The molecule has 0 amide bonds. The van der Waals surface area contributed by atoms with Crippen molar-refractivity contribution in [2.75, 3.05) is 0 Å². The quantitative estimate of drug-likeness (QED) is 0.133. The summed E-state index contributed by atoms with van der Waals surface area (Å²) >= 11 is 0. The molecular formula is C76H55Ir2N7O. The molecule has 0 N–H and O–H groups in total. The summed E-state index contributed by atoms with van der Waals surface area (Å²) < 4.78 is 7.84. The van der Waals surface area contributed by atoms with Crippen molar-refractivity contribution in [2.24, 2.45) is 0 Å². The average molecular weight is 1470 g/mol. The van der Waals surface area contributed by atoms with Gasteiger partial charge in [0.25, 0.3) is 0 Å². The first-order chi connectivity index (χ1) is 41.3. The van der Waals surface area contributed by atoms with Crippen LogP contribution in [0.5, 0.6) is 11.6 Å². The Bertz CT molecular complexity index is 4120. The van der Waals surface area contributed by atoms with Crippen LogP contribution in [0.1, 0.15) is 22.3 Å². The van der Waals surface area contributed by atoms with Gasteiger partial charge in [-0.2, -0.15) is 42.5 Å². The van der Waals surface area contributed by atoms with E-state index in [1.807, 2.05) is 219 Å². The second-order valence-electron chi connectivity index (χ2n) is 19.5. The predicted octanol–water partition coefficient (Wildman–Crippen LogP) is 18.0. The zero-order chi connectivity index (χ0) is 57.5. The first kappa shape index (κ1) is 60.9. The Kier molecular flexibility index (Phi) is 21.1. The molecule has 8 nitrogen and oxygen atoms in total. The maximum atomic E-state index is 5.66. The first-order valence-corrected chi connectivity index (χ1v) is 27.5. The van der Waals surface area contributed by atoms with Crippen LogP contribution in [0.4, 0.5) is 0 Å². The van der Waals surface area contributed by atoms with E-state index in [9.17, 15) is 0 Å². The van der Waals surface area contributed by atoms with Crippen molar-refractivity contribution in [2.45, 2.75) is 27.7 Å². The molecule has 0 saturated carbocycles. The zero-order valence-corrected chi connectivity index (χ0v) is 52.3. The average Bonchev–Trinajstić information content (AvgIpc) is 2.20. The van der Waals surface area contributed by atoms with Gasteiger partial charge in [0.1, 0.15) is 5.82 Å². The second-order valence-corrected chi connectivity index (χ2v) is 19.5. The summed E-state index contributed by atoms with van der Waals surface area (Å²) in [7, 11) is 0. The SMILES string of the molecule is Cc1cc(C)c(-c2ccccn2)[c-]c1-c1ccccn1.Cc1cc(C)c(-c2ccccn2)[c-]c1-c1ccccn1.[Ir+3].[Ir+3].[c-]1ccccc1-c1cccc(-n2c3[c-]cccc3c3ccccc32)n1.[c-]1ccccc1Oc1cccc(-c2[c-]cccc2)n1. The molecule has 0 aliphatic carbocycles. The number of hydrogen-bond acceptors (Lipinski definition) is 7. The molecule has 0 radical (unpaired) electrons. The maximum absolute atomic E-state index is 5.66. The number of pyridine rings is 6. The van der Waals surface area contributed by atoms with Gasteiger partial charge in [0, 0.05) is 58.8 Å². The number of ether oxygens (including phenoxy) is 1. The molecule has 86 heavy (non-hydrogen) atoms. The number of fused-ring (bicyclic) bond motifs is 3. The normalized spacial score (nSPS) is 10.4. The third-order valence-corrected chi connectivity index (χ3v) is 13.7. The van der Waals surface area contributed by atoms with Crippen LogP contribution in [0.3, 0.4) is 0 Å². The van der Waals surface area contributed by atoms with Crippen LogP contribution in [-0.2, 0) is 40.2 Å². The summed E-state index contributed by atoms with van der Waals surface area (Å²) in [6.45, 7) is 8.37. The fourth-order valence-corrected chi connectivity index (χ4v) is 9.75. The third kappa shape index (κ3) is 14.8. The molecule has 0 unspecified atom stereocenters. The van der Waals surface area contributed by atoms with E-state index in [1.165, 1.54) is 33.0 Å². The van der Waals surface area contributed by atoms with Crippen molar-refractivity contribution in [1.29, 1.82) is 0 Å². The summed E-state index contributed by atoms with van der Waals surface area (Å²) in [4.78, 5) is 27.1. The summed E-state index contributed by atoms with van der Waals surface area (Å²) in [5.74, 6) is 2.10. The van der Waals surface area contributed by atoms with Crippen molar-refractivity contribution in [3.63, 3.8) is 0 Å². The minimum absolute atomic E-state index is 0. The van der Waals surface area contributed by atoms with Crippen LogP contribution >= 0.6 is 0 Å². The summed E-state index contributed by atoms with van der Waals surface area (Å²) in [6.07, 6.45) is 7.23. The van der Waals surface area contributed by atoms with E-state index in [0.717, 1.165) is 84.4 Å². The Balaban J connectivity index is 0.000000137. The van der Waals surface area contributed by atoms with Gasteiger partial charge in [-0.25, -0.2) is 0 Å². The van der Waals surface area contributed by atoms with Crippen molar-refractivity contribution >= 4 is 21.8 Å². The molecule has 0 atom stereocenters. The van der Waals surface area contributed by atoms with Crippen LogP contribution in [0.2, 0.25) is 0 Å². The molecule has 0 aliphatic rings. The number of benzene rings is 7. The van der Waals surface area contributed by atoms with Gasteiger partial charge in [-0.3, -0.25) is 29.9 Å². The predicted molar refractivity (Wildman–Crippen MR) is 338 cm³/mol. The van der Waals surface area contributed by atoms with E-state index in [0.29, 0.717) is 11.6 Å². The van der Waals surface area contributed by atoms with Gasteiger partial charge in [0.15, 0.2) is 0 Å². The van der Waals surface area contributed by atoms with Gasteiger partial charge in [-0.1, -0.05) is 146 Å². The Morgan fingerprint density at radius 3 is 1.23 bits per heavy atom. The van der Waals surface area contributed by atoms with Crippen LogP contribution in [0.25, 0.3) is 95.2 Å². The number of aromatic nitrogens is 7. The van der Waals surface area contributed by atoms with Gasteiger partial charge < -0.3 is 9.30 Å². The van der Waals surface area contributed by atoms with E-state index in [2.05, 4.69) is 136 Å². The van der Waals surface area contributed by atoms with E-state index in [4.69, 9.17) is 9.72 Å². The number of hydrogen-bond donors (Lipinski definition) is 0. The molecule has 14 rings (SSSR count). The molecule has 10 heteroatoms. The molecule has 0 bridgehead atoms. The fourth-order valence-electron chi connectivity index (χ4n) is 9.75. The van der Waals surface area contributed by atoms with Crippen LogP contribution < -0.4 is 4.74 Å². The molecule has 0 spiro atoms. The molecular weight excluding hydrogens is 1410 g/mol. The summed E-state index contributed by atoms with van der Waals surface area (Å²) in [5, 5.41) is 2.41. The van der Waals surface area contributed by atoms with Gasteiger partial charge in [0.2, 0.25) is 5.88 Å². The molecule has 14 aromatic rings. The van der Waals surface area contributed by atoms with Crippen LogP contribution in [-0.4, -0.2) is 34.5 Å². The van der Waals surface area contributed by atoms with Crippen molar-refractivity contribution in [1.82, 2.24) is 34.5 Å². The minimum Gasteiger partial charge on any atom is -0.466 e. The van der Waals surface area contributed by atoms with Gasteiger partial charge in [0.05, 0.1) is 0 Å². The first-order valence-electron chi connectivity index (χ1n) is 27.5. The zero-order valence-electron chi connectivity index (χ0n) is 47.5. The molecule has 7 heterocycles. The third-order valence-electron chi connectivity index (χ3n) is 13.7. The second kappa shape index (κ2) is 29.7. The van der Waals surface area contributed by atoms with E-state index < -0.39 is 0 Å². The van der Waals surface area contributed by atoms with Crippen molar-refractivity contribution in [3.8, 4) is 85.0 Å². The standard InChI is InChI=1S/C23H14N2.2C18H15N2.C17H11NO.2Ir/c1-2-9-17(10-3-1)20-13-8-16-23(24-20)25-21-14-6-4-11-18(21)19-12-5-7-15-22(19)25;2*1-13-11-14(2)16(18-8-4-6-10-20-18)12-15(13)17-7-3-5-9-19-17;1-3-8-14(9-4-1)16-12-7-13-17(18-16)19-15-10-5-2-6-11-15;;/h1-9,11-14,16H;2*3-11H,1-2H3;1-8,10,12-13H;;/q-2;2*-1;-2;2*+3. The largest absolute Gasteiger partial charge is 3.00 e. The molecule has 0 aliphatic heterocycles. The molecule has 418 valence electrons. The monoisotopic (exact) mass is 1470 g/mol. The fraction of sp³-hybridized carbons (Fsp3) is 0.0526. The minimum atomic E-state index is 0. The molecule has 0 saturated heterocycles. The topological polar surface area (TPSA) is 91.5 Å². The summed E-state index contributed by atoms with van der Waals surface area (Å²) in [5.41, 5.74) is 18.6. The Labute approximate surface area is 530 Å². The Hall–Kier alpha value is -9.66. The van der Waals surface area contributed by atoms with E-state index in [1.54, 1.807) is 0 Å². The Morgan fingerprint density at radius 2 is 0.767 bits per heavy atom.